The van der Waals surface area contributed by atoms with Crippen LogP contribution >= 0.6 is 0 Å². The second-order valence-electron chi connectivity index (χ2n) is 10.3. The first-order chi connectivity index (χ1) is 17.8. The highest BCUT2D eigenvalue weighted by atomic mass is 32.2. The summed E-state index contributed by atoms with van der Waals surface area (Å²) in [5, 5.41) is 8.03. The average Bonchev–Trinajstić information content (AvgIpc) is 3.59. The summed E-state index contributed by atoms with van der Waals surface area (Å²) in [6.45, 7) is 5.71. The molecule has 3 aromatic heterocycles. The van der Waals surface area contributed by atoms with Crippen LogP contribution in [0.1, 0.15) is 37.9 Å². The van der Waals surface area contributed by atoms with E-state index in [1.54, 1.807) is 12.5 Å². The van der Waals surface area contributed by atoms with Crippen molar-refractivity contribution in [3.63, 3.8) is 0 Å². The van der Waals surface area contributed by atoms with Gasteiger partial charge in [0.2, 0.25) is 5.95 Å². The molecular formula is C25H31N9O2S. The van der Waals surface area contributed by atoms with Gasteiger partial charge in [0.1, 0.15) is 0 Å². The van der Waals surface area contributed by atoms with Crippen molar-refractivity contribution in [2.45, 2.75) is 38.4 Å². The van der Waals surface area contributed by atoms with Crippen molar-refractivity contribution >= 4 is 38.5 Å². The van der Waals surface area contributed by atoms with Crippen molar-refractivity contribution in [3.05, 3.63) is 54.6 Å². The Bertz CT molecular complexity index is 1520. The molecule has 0 spiro atoms. The van der Waals surface area contributed by atoms with Gasteiger partial charge in [-0.1, -0.05) is 30.3 Å². The molecular weight excluding hydrogens is 490 g/mol. The van der Waals surface area contributed by atoms with Gasteiger partial charge in [0.25, 0.3) is 0 Å². The number of hydrogen-bond acceptors (Lipinski definition) is 9. The third kappa shape index (κ3) is 4.55. The van der Waals surface area contributed by atoms with Gasteiger partial charge in [-0.25, -0.2) is 13.4 Å². The van der Waals surface area contributed by atoms with Crippen LogP contribution in [0.3, 0.4) is 0 Å². The van der Waals surface area contributed by atoms with E-state index >= 15 is 0 Å². The molecule has 3 N–H and O–H groups in total. The number of hydrogen-bond donors (Lipinski definition) is 2. The highest BCUT2D eigenvalue weighted by Crippen LogP contribution is 2.36. The number of fused-ring (bicyclic) bond motifs is 1. The Labute approximate surface area is 215 Å². The second kappa shape index (κ2) is 9.10. The van der Waals surface area contributed by atoms with Gasteiger partial charge >= 0.3 is 0 Å². The first-order valence-corrected chi connectivity index (χ1v) is 14.4. The molecule has 11 nitrogen and oxygen atoms in total. The third-order valence-corrected chi connectivity index (χ3v) is 9.02. The number of sulfone groups is 1. The van der Waals surface area contributed by atoms with Gasteiger partial charge in [0, 0.05) is 37.3 Å². The molecule has 194 valence electrons. The van der Waals surface area contributed by atoms with E-state index in [1.165, 1.54) is 0 Å². The van der Waals surface area contributed by atoms with Gasteiger partial charge in [0.05, 0.1) is 35.8 Å². The van der Waals surface area contributed by atoms with E-state index in [2.05, 4.69) is 34.1 Å². The number of nitrogens with zero attached hydrogens (tertiary/aromatic N) is 7. The summed E-state index contributed by atoms with van der Waals surface area (Å²) in [7, 11) is -2.98. The molecule has 0 aliphatic carbocycles. The fourth-order valence-electron chi connectivity index (χ4n) is 5.25. The van der Waals surface area contributed by atoms with E-state index < -0.39 is 9.84 Å². The zero-order valence-electron chi connectivity index (χ0n) is 20.9. The van der Waals surface area contributed by atoms with Crippen molar-refractivity contribution in [2.24, 2.45) is 11.7 Å². The lowest BCUT2D eigenvalue weighted by molar-refractivity contribution is 0.378. The number of aromatic nitrogens is 6. The minimum Gasteiger partial charge on any atom is -0.339 e. The molecule has 0 bridgehead atoms. The van der Waals surface area contributed by atoms with E-state index in [1.807, 2.05) is 45.8 Å². The van der Waals surface area contributed by atoms with Crippen LogP contribution in [0.15, 0.2) is 49.1 Å². The highest BCUT2D eigenvalue weighted by molar-refractivity contribution is 7.92. The van der Waals surface area contributed by atoms with Gasteiger partial charge in [-0.3, -0.25) is 4.68 Å². The van der Waals surface area contributed by atoms with Crippen LogP contribution in [-0.4, -0.2) is 68.4 Å². The molecule has 4 aromatic rings. The first kappa shape index (κ1) is 23.9. The number of imidazole rings is 1. The summed E-state index contributed by atoms with van der Waals surface area (Å²) in [5.41, 5.74) is 9.37. The van der Waals surface area contributed by atoms with Crippen LogP contribution in [0.5, 0.6) is 0 Å². The maximum absolute atomic E-state index is 12.0. The van der Waals surface area contributed by atoms with Crippen molar-refractivity contribution in [3.8, 4) is 0 Å². The van der Waals surface area contributed by atoms with Gasteiger partial charge in [-0.2, -0.15) is 15.1 Å². The van der Waals surface area contributed by atoms with E-state index in [0.717, 1.165) is 29.9 Å². The Morgan fingerprint density at radius 2 is 1.92 bits per heavy atom. The predicted molar refractivity (Wildman–Crippen MR) is 143 cm³/mol. The molecule has 6 rings (SSSR count). The molecule has 12 heteroatoms. The summed E-state index contributed by atoms with van der Waals surface area (Å²) in [5.74, 6) is 1.52. The molecule has 5 heterocycles. The van der Waals surface area contributed by atoms with E-state index in [9.17, 15) is 8.42 Å². The Morgan fingerprint density at radius 3 is 2.59 bits per heavy atom. The van der Waals surface area contributed by atoms with Crippen LogP contribution in [0.2, 0.25) is 0 Å². The quantitative estimate of drug-likeness (QED) is 0.376. The van der Waals surface area contributed by atoms with Crippen molar-refractivity contribution in [1.29, 1.82) is 0 Å². The Hall–Kier alpha value is -3.51. The minimum absolute atomic E-state index is 0.0291. The molecule has 2 saturated heterocycles. The standard InChI is InChI=1S/C25H31N9O2S/c1-16(2)33-15-27-21-23(30-25(31-24(21)33)32-9-8-19(26)11-32)29-20-10-28-34(12-20)22(17-6-4-3-5-7-17)18-13-37(35,36)14-18/h3-7,10,12,15-16,18-19,22H,8-9,11,13-14,26H2,1-2H3,(H,29,30,31)/t19-,22?/m0/s1. The number of benzene rings is 1. The Balaban J connectivity index is 1.35. The van der Waals surface area contributed by atoms with Crippen LogP contribution in [0, 0.1) is 5.92 Å². The van der Waals surface area contributed by atoms with Crippen LogP contribution in [-0.2, 0) is 9.84 Å². The zero-order valence-corrected chi connectivity index (χ0v) is 21.7. The van der Waals surface area contributed by atoms with Crippen molar-refractivity contribution in [2.75, 3.05) is 34.8 Å². The SMILES string of the molecule is CC(C)n1cnc2c(Nc3cnn(C(c4ccccc4)C4CS(=O)(=O)C4)c3)nc(N3CC[C@H](N)C3)nc21. The molecule has 2 atom stereocenters. The van der Waals surface area contributed by atoms with Crippen LogP contribution in [0.25, 0.3) is 11.2 Å². The van der Waals surface area contributed by atoms with Gasteiger partial charge in [0.15, 0.2) is 26.8 Å². The molecule has 1 unspecified atom stereocenters. The first-order valence-electron chi connectivity index (χ1n) is 12.6. The number of rotatable bonds is 7. The fraction of sp³-hybridized carbons (Fsp3) is 0.440. The summed E-state index contributed by atoms with van der Waals surface area (Å²) >= 11 is 0. The molecule has 1 aromatic carbocycles. The summed E-state index contributed by atoms with van der Waals surface area (Å²) in [6.07, 6.45) is 6.34. The molecule has 2 fully saturated rings. The van der Waals surface area contributed by atoms with Crippen molar-refractivity contribution in [1.82, 2.24) is 29.3 Å². The molecule has 0 saturated carbocycles. The van der Waals surface area contributed by atoms with Gasteiger partial charge in [-0.05, 0) is 25.8 Å². The largest absolute Gasteiger partial charge is 0.339 e. The fourth-order valence-corrected chi connectivity index (χ4v) is 6.82. The maximum atomic E-state index is 12.0. The second-order valence-corrected chi connectivity index (χ2v) is 12.5. The number of anilines is 3. The molecule has 2 aliphatic rings. The number of nitrogens with one attached hydrogen (secondary N) is 1. The molecule has 0 amide bonds. The van der Waals surface area contributed by atoms with Crippen molar-refractivity contribution < 1.29 is 8.42 Å². The smallest absolute Gasteiger partial charge is 0.229 e. The summed E-state index contributed by atoms with van der Waals surface area (Å²) < 4.78 is 27.8. The lowest BCUT2D eigenvalue weighted by atomic mass is 9.95. The monoisotopic (exact) mass is 521 g/mol. The lowest BCUT2D eigenvalue weighted by Gasteiger charge is -2.33. The lowest BCUT2D eigenvalue weighted by Crippen LogP contribution is -2.42. The highest BCUT2D eigenvalue weighted by Gasteiger charge is 2.41. The normalized spacial score (nSPS) is 20.4. The van der Waals surface area contributed by atoms with Crippen LogP contribution < -0.4 is 16.0 Å². The molecule has 37 heavy (non-hydrogen) atoms. The molecule has 0 radical (unpaired) electrons. The maximum Gasteiger partial charge on any atom is 0.229 e. The Kier molecular flexibility index (Phi) is 5.87. The minimum atomic E-state index is -2.98. The molecule has 2 aliphatic heterocycles. The summed E-state index contributed by atoms with van der Waals surface area (Å²) in [6, 6.07) is 10.0. The van der Waals surface area contributed by atoms with Crippen LogP contribution in [0.4, 0.5) is 17.5 Å². The van der Waals surface area contributed by atoms with Gasteiger partial charge < -0.3 is 20.5 Å². The van der Waals surface area contributed by atoms with E-state index in [-0.39, 0.29) is 35.5 Å². The Morgan fingerprint density at radius 1 is 1.14 bits per heavy atom. The number of nitrogens with two attached hydrogens (primary N) is 1. The van der Waals surface area contributed by atoms with E-state index in [4.69, 9.17) is 15.7 Å². The third-order valence-electron chi connectivity index (χ3n) is 7.15. The summed E-state index contributed by atoms with van der Waals surface area (Å²) in [4.78, 5) is 16.4. The average molecular weight is 522 g/mol. The predicted octanol–water partition coefficient (Wildman–Crippen LogP) is 2.52. The topological polar surface area (TPSA) is 137 Å². The zero-order chi connectivity index (χ0) is 25.7. The van der Waals surface area contributed by atoms with Gasteiger partial charge in [-0.15, -0.1) is 0 Å². The van der Waals surface area contributed by atoms with E-state index in [0.29, 0.717) is 23.8 Å².